The number of carbonyl (C=O) groups is 1. The molecule has 0 aliphatic heterocycles. The first-order valence-corrected chi connectivity index (χ1v) is 9.56. The number of aryl methyl sites for hydroxylation is 1. The number of carbonyl (C=O) groups excluding carboxylic acids is 1. The highest BCUT2D eigenvalue weighted by molar-refractivity contribution is 7.90. The minimum atomic E-state index is -3.32. The van der Waals surface area contributed by atoms with Gasteiger partial charge in [0.05, 0.1) is 10.9 Å². The second-order valence-corrected chi connectivity index (χ2v) is 7.81. The first-order valence-electron chi connectivity index (χ1n) is 7.67. The normalized spacial score (nSPS) is 12.6. The van der Waals surface area contributed by atoms with Gasteiger partial charge in [-0.05, 0) is 30.2 Å². The summed E-state index contributed by atoms with van der Waals surface area (Å²) >= 11 is 0. The maximum Gasteiger partial charge on any atom is 0.222 e. The Hall–Kier alpha value is -2.18. The van der Waals surface area contributed by atoms with Gasteiger partial charge in [-0.15, -0.1) is 0 Å². The molecule has 0 aliphatic rings. The van der Waals surface area contributed by atoms with Crippen molar-refractivity contribution < 1.29 is 13.2 Å². The highest BCUT2D eigenvalue weighted by Crippen LogP contribution is 2.25. The fourth-order valence-corrected chi connectivity index (χ4v) is 3.08. The zero-order valence-electron chi connectivity index (χ0n) is 13.8. The number of nitrogens with two attached hydrogens (primary N) is 1. The van der Waals surface area contributed by atoms with E-state index >= 15 is 0 Å². The summed E-state index contributed by atoms with van der Waals surface area (Å²) in [6, 6.07) is 14.0. The van der Waals surface area contributed by atoms with Gasteiger partial charge in [-0.25, -0.2) is 8.42 Å². The fraction of sp³-hybridized carbons (Fsp3) is 0.278. The first-order chi connectivity index (χ1) is 11.3. The summed E-state index contributed by atoms with van der Waals surface area (Å²) in [6.07, 6.45) is 1.38. The maximum absolute atomic E-state index is 12.0. The molecule has 6 heteroatoms. The van der Waals surface area contributed by atoms with Gasteiger partial charge < -0.3 is 11.1 Å². The predicted octanol–water partition coefficient (Wildman–Crippen LogP) is 1.95. The van der Waals surface area contributed by atoms with Gasteiger partial charge in [0.15, 0.2) is 9.84 Å². The number of hydrogen-bond acceptors (Lipinski definition) is 4. The third-order valence-electron chi connectivity index (χ3n) is 3.71. The van der Waals surface area contributed by atoms with Crippen LogP contribution in [0.1, 0.15) is 29.2 Å². The second-order valence-electron chi connectivity index (χ2n) is 5.79. The van der Waals surface area contributed by atoms with Crippen molar-refractivity contribution in [1.82, 2.24) is 5.32 Å². The predicted molar refractivity (Wildman–Crippen MR) is 94.4 cm³/mol. The molecule has 2 aromatic carbocycles. The number of hydrogen-bond donors (Lipinski definition) is 2. The van der Waals surface area contributed by atoms with Crippen LogP contribution in [-0.2, 0) is 14.6 Å². The van der Waals surface area contributed by atoms with E-state index in [2.05, 4.69) is 5.32 Å². The Labute approximate surface area is 142 Å². The molecule has 1 amide bonds. The lowest BCUT2D eigenvalue weighted by atomic mass is 9.97. The topological polar surface area (TPSA) is 89.3 Å². The minimum Gasteiger partial charge on any atom is -0.345 e. The molecule has 128 valence electrons. The molecule has 5 nitrogen and oxygen atoms in total. The molecule has 3 N–H and O–H groups in total. The van der Waals surface area contributed by atoms with Crippen LogP contribution in [0.4, 0.5) is 0 Å². The van der Waals surface area contributed by atoms with Crippen LogP contribution in [-0.4, -0.2) is 27.1 Å². The molecule has 0 bridgehead atoms. The lowest BCUT2D eigenvalue weighted by molar-refractivity contribution is -0.121. The van der Waals surface area contributed by atoms with Crippen molar-refractivity contribution in [2.75, 3.05) is 12.8 Å². The average molecular weight is 346 g/mol. The Morgan fingerprint density at radius 3 is 2.38 bits per heavy atom. The Balaban J connectivity index is 2.45. The molecule has 0 saturated heterocycles. The number of rotatable bonds is 6. The van der Waals surface area contributed by atoms with Gasteiger partial charge in [-0.2, -0.15) is 0 Å². The molecule has 0 spiro atoms. The molecule has 1 atom stereocenters. The Morgan fingerprint density at radius 2 is 1.79 bits per heavy atom. The number of sulfone groups is 1. The molecule has 2 rings (SSSR count). The van der Waals surface area contributed by atoms with Crippen LogP contribution in [0.5, 0.6) is 0 Å². The van der Waals surface area contributed by atoms with Crippen molar-refractivity contribution in [2.24, 2.45) is 5.73 Å². The third-order valence-corrected chi connectivity index (χ3v) is 4.82. The third kappa shape index (κ3) is 4.66. The van der Waals surface area contributed by atoms with Crippen molar-refractivity contribution in [1.29, 1.82) is 0 Å². The second kappa shape index (κ2) is 7.59. The molecule has 2 aromatic rings. The van der Waals surface area contributed by atoms with E-state index in [1.807, 2.05) is 37.3 Å². The van der Waals surface area contributed by atoms with Crippen molar-refractivity contribution in [3.63, 3.8) is 0 Å². The van der Waals surface area contributed by atoms with Crippen molar-refractivity contribution in [2.45, 2.75) is 24.3 Å². The SMILES string of the molecule is Cc1ccc(C(NC(=O)CCN)c2cccc(S(C)(=O)=O)c2)cc1. The number of nitrogens with one attached hydrogen (secondary N) is 1. The highest BCUT2D eigenvalue weighted by atomic mass is 32.2. The van der Waals surface area contributed by atoms with Gasteiger partial charge in [0.25, 0.3) is 0 Å². The van der Waals surface area contributed by atoms with E-state index in [0.717, 1.165) is 11.1 Å². The zero-order valence-corrected chi connectivity index (χ0v) is 14.6. The summed E-state index contributed by atoms with van der Waals surface area (Å²) < 4.78 is 23.6. The molecular weight excluding hydrogens is 324 g/mol. The van der Waals surface area contributed by atoms with E-state index < -0.39 is 15.9 Å². The van der Waals surface area contributed by atoms with Crippen LogP contribution in [0, 0.1) is 6.92 Å². The smallest absolute Gasteiger partial charge is 0.222 e. The van der Waals surface area contributed by atoms with E-state index in [-0.39, 0.29) is 23.8 Å². The van der Waals surface area contributed by atoms with Crippen LogP contribution < -0.4 is 11.1 Å². The molecule has 0 fully saturated rings. The Morgan fingerprint density at radius 1 is 1.12 bits per heavy atom. The molecule has 1 unspecified atom stereocenters. The average Bonchev–Trinajstić information content (AvgIpc) is 2.53. The highest BCUT2D eigenvalue weighted by Gasteiger charge is 2.18. The molecule has 0 aliphatic carbocycles. The minimum absolute atomic E-state index is 0.173. The quantitative estimate of drug-likeness (QED) is 0.837. The van der Waals surface area contributed by atoms with Gasteiger partial charge in [0, 0.05) is 19.2 Å². The summed E-state index contributed by atoms with van der Waals surface area (Å²) in [7, 11) is -3.32. The van der Waals surface area contributed by atoms with Crippen LogP contribution in [0.3, 0.4) is 0 Å². The molecule has 0 heterocycles. The van der Waals surface area contributed by atoms with Crippen molar-refractivity contribution in [3.05, 3.63) is 65.2 Å². The van der Waals surface area contributed by atoms with Crippen molar-refractivity contribution >= 4 is 15.7 Å². The fourth-order valence-electron chi connectivity index (χ4n) is 2.41. The zero-order chi connectivity index (χ0) is 17.7. The molecular formula is C18H22N2O3S. The van der Waals surface area contributed by atoms with E-state index in [0.29, 0.717) is 5.56 Å². The summed E-state index contributed by atoms with van der Waals surface area (Å²) in [5, 5.41) is 2.93. The van der Waals surface area contributed by atoms with E-state index in [9.17, 15) is 13.2 Å². The Kier molecular flexibility index (Phi) is 5.75. The molecule has 0 aromatic heterocycles. The first kappa shape index (κ1) is 18.2. The standard InChI is InChI=1S/C18H22N2O3S/c1-13-6-8-14(9-7-13)18(20-17(21)10-11-19)15-4-3-5-16(12-15)24(2,22)23/h3-9,12,18H,10-11,19H2,1-2H3,(H,20,21). The maximum atomic E-state index is 12.0. The van der Waals surface area contributed by atoms with Crippen LogP contribution in [0.25, 0.3) is 0 Å². The van der Waals surface area contributed by atoms with Gasteiger partial charge in [0.1, 0.15) is 0 Å². The summed E-state index contributed by atoms with van der Waals surface area (Å²) in [5.74, 6) is -0.173. The summed E-state index contributed by atoms with van der Waals surface area (Å²) in [5.41, 5.74) is 8.15. The lowest BCUT2D eigenvalue weighted by Gasteiger charge is -2.20. The van der Waals surface area contributed by atoms with Gasteiger partial charge >= 0.3 is 0 Å². The van der Waals surface area contributed by atoms with Crippen LogP contribution in [0.15, 0.2) is 53.4 Å². The van der Waals surface area contributed by atoms with Gasteiger partial charge in [-0.3, -0.25) is 4.79 Å². The van der Waals surface area contributed by atoms with E-state index in [4.69, 9.17) is 5.73 Å². The summed E-state index contributed by atoms with van der Waals surface area (Å²) in [4.78, 5) is 12.3. The number of benzene rings is 2. The lowest BCUT2D eigenvalue weighted by Crippen LogP contribution is -2.30. The molecule has 24 heavy (non-hydrogen) atoms. The van der Waals surface area contributed by atoms with Gasteiger partial charge in [0.2, 0.25) is 5.91 Å². The van der Waals surface area contributed by atoms with Gasteiger partial charge in [-0.1, -0.05) is 42.0 Å². The number of amides is 1. The van der Waals surface area contributed by atoms with Crippen molar-refractivity contribution in [3.8, 4) is 0 Å². The van der Waals surface area contributed by atoms with Crippen LogP contribution in [0.2, 0.25) is 0 Å². The monoisotopic (exact) mass is 346 g/mol. The van der Waals surface area contributed by atoms with Crippen LogP contribution >= 0.6 is 0 Å². The largest absolute Gasteiger partial charge is 0.345 e. The van der Waals surface area contributed by atoms with E-state index in [1.165, 1.54) is 6.26 Å². The molecule has 0 radical (unpaired) electrons. The Bertz CT molecular complexity index is 814. The molecule has 0 saturated carbocycles. The summed E-state index contributed by atoms with van der Waals surface area (Å²) in [6.45, 7) is 2.24. The van der Waals surface area contributed by atoms with E-state index in [1.54, 1.807) is 18.2 Å².